The van der Waals surface area contributed by atoms with Crippen molar-refractivity contribution in [3.8, 4) is 0 Å². The molecule has 0 radical (unpaired) electrons. The lowest BCUT2D eigenvalue weighted by Crippen LogP contribution is -2.21. The van der Waals surface area contributed by atoms with Crippen molar-refractivity contribution in [2.45, 2.75) is 72.3 Å². The van der Waals surface area contributed by atoms with Gasteiger partial charge in [-0.2, -0.15) is 0 Å². The van der Waals surface area contributed by atoms with E-state index in [9.17, 15) is 0 Å². The number of aryl methyl sites for hydroxylation is 1. The zero-order valence-corrected chi connectivity index (χ0v) is 14.0. The van der Waals surface area contributed by atoms with Crippen LogP contribution < -0.4 is 10.6 Å². The van der Waals surface area contributed by atoms with E-state index in [2.05, 4.69) is 43.3 Å². The second-order valence-electron chi connectivity index (χ2n) is 6.30. The summed E-state index contributed by atoms with van der Waals surface area (Å²) in [5, 5.41) is 7.05. The number of hydrogen-bond donors (Lipinski definition) is 2. The Kier molecular flexibility index (Phi) is 5.83. The number of aromatic nitrogens is 2. The van der Waals surface area contributed by atoms with Gasteiger partial charge in [0.25, 0.3) is 0 Å². The molecule has 0 saturated heterocycles. The molecule has 2 atom stereocenters. The first-order valence-electron chi connectivity index (χ1n) is 8.51. The van der Waals surface area contributed by atoms with E-state index >= 15 is 0 Å². The Morgan fingerprint density at radius 1 is 1.05 bits per heavy atom. The van der Waals surface area contributed by atoms with E-state index in [0.717, 1.165) is 41.9 Å². The molecule has 2 rings (SSSR count). The Labute approximate surface area is 129 Å². The quantitative estimate of drug-likeness (QED) is 0.799. The molecular formula is C17H30N4. The van der Waals surface area contributed by atoms with Gasteiger partial charge in [0.05, 0.1) is 0 Å². The second kappa shape index (κ2) is 7.62. The molecule has 1 fully saturated rings. The zero-order chi connectivity index (χ0) is 15.2. The van der Waals surface area contributed by atoms with Crippen molar-refractivity contribution < 1.29 is 0 Å². The third-order valence-electron chi connectivity index (χ3n) is 4.45. The molecule has 1 aliphatic carbocycles. The molecule has 0 spiro atoms. The van der Waals surface area contributed by atoms with Crippen molar-refractivity contribution in [3.63, 3.8) is 0 Å². The minimum atomic E-state index is 0.558. The van der Waals surface area contributed by atoms with E-state index in [0.29, 0.717) is 6.04 Å². The highest BCUT2D eigenvalue weighted by Crippen LogP contribution is 2.27. The molecule has 1 heterocycles. The molecule has 21 heavy (non-hydrogen) atoms. The first-order valence-corrected chi connectivity index (χ1v) is 8.51. The van der Waals surface area contributed by atoms with Gasteiger partial charge in [-0.1, -0.05) is 26.7 Å². The predicted octanol–water partition coefficient (Wildman–Crippen LogP) is 4.16. The lowest BCUT2D eigenvalue weighted by atomic mass is 10.0. The first-order chi connectivity index (χ1) is 10.1. The topological polar surface area (TPSA) is 49.8 Å². The minimum absolute atomic E-state index is 0.558. The monoisotopic (exact) mass is 290 g/mol. The van der Waals surface area contributed by atoms with Crippen molar-refractivity contribution in [2.24, 2.45) is 5.92 Å². The van der Waals surface area contributed by atoms with Gasteiger partial charge in [-0.25, -0.2) is 9.97 Å². The zero-order valence-electron chi connectivity index (χ0n) is 14.0. The standard InChI is InChI=1S/C17H30N4/c1-5-15-20-16(18-6-2)13(4)17(21-15)19-14-9-7-8-12(3)10-11-14/h12,14H,5-11H2,1-4H3,(H2,18,19,20,21). The van der Waals surface area contributed by atoms with Gasteiger partial charge in [-0.15, -0.1) is 0 Å². The van der Waals surface area contributed by atoms with Gasteiger partial charge in [-0.05, 0) is 39.0 Å². The van der Waals surface area contributed by atoms with Crippen LogP contribution in [0.4, 0.5) is 11.6 Å². The van der Waals surface area contributed by atoms with Crippen LogP contribution in [-0.4, -0.2) is 22.6 Å². The number of hydrogen-bond acceptors (Lipinski definition) is 4. The third-order valence-corrected chi connectivity index (χ3v) is 4.45. The summed E-state index contributed by atoms with van der Waals surface area (Å²) in [4.78, 5) is 9.32. The third kappa shape index (κ3) is 4.32. The number of nitrogens with zero attached hydrogens (tertiary/aromatic N) is 2. The maximum Gasteiger partial charge on any atom is 0.134 e. The Morgan fingerprint density at radius 3 is 2.52 bits per heavy atom. The van der Waals surface area contributed by atoms with Crippen molar-refractivity contribution in [2.75, 3.05) is 17.2 Å². The summed E-state index contributed by atoms with van der Waals surface area (Å²) in [6, 6.07) is 0.558. The van der Waals surface area contributed by atoms with Gasteiger partial charge >= 0.3 is 0 Å². The maximum absolute atomic E-state index is 4.72. The van der Waals surface area contributed by atoms with Crippen molar-refractivity contribution in [3.05, 3.63) is 11.4 Å². The van der Waals surface area contributed by atoms with E-state index in [1.165, 1.54) is 32.1 Å². The summed E-state index contributed by atoms with van der Waals surface area (Å²) in [7, 11) is 0. The summed E-state index contributed by atoms with van der Waals surface area (Å²) in [5.41, 5.74) is 1.14. The van der Waals surface area contributed by atoms with Gasteiger partial charge in [0, 0.05) is 24.6 Å². The highest BCUT2D eigenvalue weighted by Gasteiger charge is 2.18. The normalized spacial score (nSPS) is 22.7. The molecule has 4 heteroatoms. The van der Waals surface area contributed by atoms with Crippen LogP contribution in [0.3, 0.4) is 0 Å². The molecule has 0 amide bonds. The Morgan fingerprint density at radius 2 is 1.81 bits per heavy atom. The van der Waals surface area contributed by atoms with Gasteiger partial charge in [0.1, 0.15) is 17.5 Å². The van der Waals surface area contributed by atoms with Gasteiger partial charge in [0.15, 0.2) is 0 Å². The van der Waals surface area contributed by atoms with E-state index in [4.69, 9.17) is 4.98 Å². The fraction of sp³-hybridized carbons (Fsp3) is 0.765. The SMILES string of the molecule is CCNc1nc(CC)nc(NC2CCCC(C)CC2)c1C. The van der Waals surface area contributed by atoms with Crippen molar-refractivity contribution in [1.29, 1.82) is 0 Å². The Bertz CT molecular complexity index is 458. The Hall–Kier alpha value is -1.32. The van der Waals surface area contributed by atoms with Crippen LogP contribution in [0.2, 0.25) is 0 Å². The molecule has 1 aromatic heterocycles. The Balaban J connectivity index is 2.15. The summed E-state index contributed by atoms with van der Waals surface area (Å²) < 4.78 is 0. The molecular weight excluding hydrogens is 260 g/mol. The minimum Gasteiger partial charge on any atom is -0.370 e. The molecule has 2 unspecified atom stereocenters. The van der Waals surface area contributed by atoms with Gasteiger partial charge in [0.2, 0.25) is 0 Å². The fourth-order valence-electron chi connectivity index (χ4n) is 3.03. The highest BCUT2D eigenvalue weighted by molar-refractivity contribution is 5.57. The van der Waals surface area contributed by atoms with Crippen LogP contribution in [-0.2, 0) is 6.42 Å². The molecule has 1 aromatic rings. The van der Waals surface area contributed by atoms with Crippen LogP contribution >= 0.6 is 0 Å². The molecule has 4 nitrogen and oxygen atoms in total. The molecule has 118 valence electrons. The lowest BCUT2D eigenvalue weighted by molar-refractivity contribution is 0.501. The highest BCUT2D eigenvalue weighted by atomic mass is 15.1. The average molecular weight is 290 g/mol. The smallest absolute Gasteiger partial charge is 0.134 e. The maximum atomic E-state index is 4.72. The van der Waals surface area contributed by atoms with Crippen LogP contribution in [0.1, 0.15) is 64.3 Å². The molecule has 2 N–H and O–H groups in total. The molecule has 0 aromatic carbocycles. The van der Waals surface area contributed by atoms with Crippen molar-refractivity contribution in [1.82, 2.24) is 9.97 Å². The molecule has 1 aliphatic rings. The molecule has 0 bridgehead atoms. The van der Waals surface area contributed by atoms with Crippen LogP contribution in [0.15, 0.2) is 0 Å². The van der Waals surface area contributed by atoms with Crippen LogP contribution in [0, 0.1) is 12.8 Å². The second-order valence-corrected chi connectivity index (χ2v) is 6.30. The van der Waals surface area contributed by atoms with E-state index in [-0.39, 0.29) is 0 Å². The summed E-state index contributed by atoms with van der Waals surface area (Å²) in [6.45, 7) is 9.59. The first kappa shape index (κ1) is 16.1. The van der Waals surface area contributed by atoms with Gasteiger partial charge in [-0.3, -0.25) is 0 Å². The number of anilines is 2. The average Bonchev–Trinajstić information content (AvgIpc) is 2.68. The predicted molar refractivity (Wildman–Crippen MR) is 90.0 cm³/mol. The van der Waals surface area contributed by atoms with Crippen LogP contribution in [0.5, 0.6) is 0 Å². The number of rotatable bonds is 5. The largest absolute Gasteiger partial charge is 0.370 e. The van der Waals surface area contributed by atoms with E-state index in [1.807, 2.05) is 0 Å². The summed E-state index contributed by atoms with van der Waals surface area (Å²) >= 11 is 0. The fourth-order valence-corrected chi connectivity index (χ4v) is 3.03. The lowest BCUT2D eigenvalue weighted by Gasteiger charge is -2.20. The summed E-state index contributed by atoms with van der Waals surface area (Å²) in [5.74, 6) is 3.79. The summed E-state index contributed by atoms with van der Waals surface area (Å²) in [6.07, 6.45) is 7.39. The van der Waals surface area contributed by atoms with E-state index in [1.54, 1.807) is 0 Å². The molecule has 0 aliphatic heterocycles. The van der Waals surface area contributed by atoms with Crippen molar-refractivity contribution >= 4 is 11.6 Å². The van der Waals surface area contributed by atoms with Gasteiger partial charge < -0.3 is 10.6 Å². The molecule has 1 saturated carbocycles. The van der Waals surface area contributed by atoms with Crippen LogP contribution in [0.25, 0.3) is 0 Å². The van der Waals surface area contributed by atoms with E-state index < -0.39 is 0 Å². The number of nitrogens with one attached hydrogen (secondary N) is 2.